The van der Waals surface area contributed by atoms with E-state index in [2.05, 4.69) is 9.98 Å². The minimum atomic E-state index is -0.933. The number of aliphatic carboxylic acids is 2. The lowest BCUT2D eigenvalue weighted by atomic mass is 10.0. The van der Waals surface area contributed by atoms with Gasteiger partial charge in [-0.15, -0.1) is 23.1 Å². The van der Waals surface area contributed by atoms with Gasteiger partial charge in [0.2, 0.25) is 0 Å². The largest absolute Gasteiger partial charge is 0.513 e. The highest BCUT2D eigenvalue weighted by Crippen LogP contribution is 2.31. The van der Waals surface area contributed by atoms with Crippen molar-refractivity contribution in [3.63, 3.8) is 0 Å². The van der Waals surface area contributed by atoms with Crippen LogP contribution in [0.2, 0.25) is 0 Å². The lowest BCUT2D eigenvalue weighted by Gasteiger charge is -2.06. The number of nitrogens with zero attached hydrogens (tertiary/aromatic N) is 2. The molecule has 0 radical (unpaired) electrons. The van der Waals surface area contributed by atoms with Gasteiger partial charge < -0.3 is 19.7 Å². The van der Waals surface area contributed by atoms with Crippen LogP contribution in [0.5, 0.6) is 5.75 Å². The summed E-state index contributed by atoms with van der Waals surface area (Å²) in [6.07, 6.45) is 16.3. The summed E-state index contributed by atoms with van der Waals surface area (Å²) in [5, 5.41) is 19.1. The molecular formula is C31H44N2O7S3. The molecule has 0 amide bonds. The summed E-state index contributed by atoms with van der Waals surface area (Å²) in [6.45, 7) is 0.325. The normalized spacial score (nSPS) is 14.6. The number of rotatable bonds is 23. The van der Waals surface area contributed by atoms with Crippen LogP contribution >= 0.6 is 34.9 Å². The standard InChI is InChI=1S/C31H44N2O7S3/c34-27(35)15-12-10-8-6-4-2-1-3-5-7-9-11-13-19-41-20-14-18-39-31(38)40-23-16-17-24-26(21-23)43-29(32-24)28-33-25(22-42-28)30(36)37/h16-17,21,25H,1-15,18-20,22H2,(H,34,35)(H,36,37). The number of hydrogen-bond acceptors (Lipinski definition) is 10. The van der Waals surface area contributed by atoms with Gasteiger partial charge in [0.25, 0.3) is 0 Å². The summed E-state index contributed by atoms with van der Waals surface area (Å²) in [6, 6.07) is 4.44. The van der Waals surface area contributed by atoms with E-state index in [0.717, 1.165) is 47.4 Å². The fourth-order valence-electron chi connectivity index (χ4n) is 4.65. The number of carbonyl (C=O) groups excluding carboxylic acids is 1. The van der Waals surface area contributed by atoms with Gasteiger partial charge in [0.05, 0.1) is 16.8 Å². The first kappa shape index (κ1) is 35.2. The molecule has 0 fully saturated rings. The van der Waals surface area contributed by atoms with Crippen molar-refractivity contribution in [2.24, 2.45) is 4.99 Å². The number of hydrogen-bond donors (Lipinski definition) is 2. The molecule has 1 unspecified atom stereocenters. The first-order valence-electron chi connectivity index (χ1n) is 15.4. The van der Waals surface area contributed by atoms with Crippen LogP contribution < -0.4 is 4.74 Å². The van der Waals surface area contributed by atoms with Crippen molar-refractivity contribution in [2.75, 3.05) is 23.9 Å². The van der Waals surface area contributed by atoms with Crippen molar-refractivity contribution < 1.29 is 34.1 Å². The molecule has 9 nitrogen and oxygen atoms in total. The SMILES string of the molecule is O=C(O)CCCCCCCCCCCCCCCSCCCOC(=O)Oc1ccc2nc(C3=NC(C(=O)O)CS3)sc2c1. The predicted molar refractivity (Wildman–Crippen MR) is 176 cm³/mol. The zero-order valence-electron chi connectivity index (χ0n) is 24.8. The summed E-state index contributed by atoms with van der Waals surface area (Å²) in [5.74, 6) is 1.26. The third-order valence-corrected chi connectivity index (χ3v) is 10.4. The summed E-state index contributed by atoms with van der Waals surface area (Å²) in [5.41, 5.74) is 0.741. The highest BCUT2D eigenvalue weighted by atomic mass is 32.2. The quantitative estimate of drug-likeness (QED) is 0.0684. The Morgan fingerprint density at radius 3 is 2.12 bits per heavy atom. The molecule has 1 aliphatic heterocycles. The zero-order chi connectivity index (χ0) is 30.7. The lowest BCUT2D eigenvalue weighted by molar-refractivity contribution is -0.138. The molecular weight excluding hydrogens is 609 g/mol. The Hall–Kier alpha value is -2.31. The van der Waals surface area contributed by atoms with E-state index in [9.17, 15) is 14.4 Å². The second-order valence-corrected chi connectivity index (χ2v) is 13.9. The topological polar surface area (TPSA) is 135 Å². The maximum atomic E-state index is 12.1. The number of aromatic nitrogens is 1. The summed E-state index contributed by atoms with van der Waals surface area (Å²) in [4.78, 5) is 42.5. The monoisotopic (exact) mass is 652 g/mol. The lowest BCUT2D eigenvalue weighted by Crippen LogP contribution is -2.17. The average Bonchev–Trinajstić information content (AvgIpc) is 3.63. The molecule has 0 bridgehead atoms. The number of fused-ring (bicyclic) bond motifs is 1. The van der Waals surface area contributed by atoms with E-state index in [0.29, 0.717) is 34.6 Å². The molecule has 1 atom stereocenters. The summed E-state index contributed by atoms with van der Waals surface area (Å²) in [7, 11) is 0. The van der Waals surface area contributed by atoms with Gasteiger partial charge in [-0.05, 0) is 42.9 Å². The van der Waals surface area contributed by atoms with Crippen LogP contribution in [0.1, 0.15) is 101 Å². The van der Waals surface area contributed by atoms with Gasteiger partial charge in [0.15, 0.2) is 6.04 Å². The molecule has 0 saturated carbocycles. The van der Waals surface area contributed by atoms with Crippen molar-refractivity contribution in [3.05, 3.63) is 23.2 Å². The van der Waals surface area contributed by atoms with E-state index in [1.807, 2.05) is 11.8 Å². The molecule has 1 aromatic heterocycles. The van der Waals surface area contributed by atoms with E-state index in [1.165, 1.54) is 87.3 Å². The Labute approximate surface area is 266 Å². The second kappa shape index (κ2) is 20.6. The smallest absolute Gasteiger partial charge is 0.481 e. The van der Waals surface area contributed by atoms with Crippen molar-refractivity contribution in [1.82, 2.24) is 4.98 Å². The van der Waals surface area contributed by atoms with Crippen LogP contribution in [-0.2, 0) is 14.3 Å². The van der Waals surface area contributed by atoms with Gasteiger partial charge >= 0.3 is 18.1 Å². The Morgan fingerprint density at radius 2 is 1.49 bits per heavy atom. The molecule has 0 aliphatic carbocycles. The van der Waals surface area contributed by atoms with Gasteiger partial charge in [-0.3, -0.25) is 9.79 Å². The highest BCUT2D eigenvalue weighted by Gasteiger charge is 2.27. The second-order valence-electron chi connectivity index (χ2n) is 10.7. The van der Waals surface area contributed by atoms with Crippen molar-refractivity contribution >= 4 is 68.2 Å². The van der Waals surface area contributed by atoms with Gasteiger partial charge in [0.1, 0.15) is 15.8 Å². The Kier molecular flexibility index (Phi) is 16.9. The van der Waals surface area contributed by atoms with Crippen LogP contribution in [0.3, 0.4) is 0 Å². The number of carboxylic acids is 2. The Morgan fingerprint density at radius 1 is 0.860 bits per heavy atom. The molecule has 238 valence electrons. The molecule has 1 aromatic carbocycles. The summed E-state index contributed by atoms with van der Waals surface area (Å²) >= 11 is 4.68. The minimum Gasteiger partial charge on any atom is -0.481 e. The molecule has 2 aromatic rings. The number of carbonyl (C=O) groups is 3. The van der Waals surface area contributed by atoms with Crippen molar-refractivity contribution in [3.8, 4) is 5.75 Å². The molecule has 2 N–H and O–H groups in total. The van der Waals surface area contributed by atoms with Gasteiger partial charge in [-0.2, -0.15) is 11.8 Å². The van der Waals surface area contributed by atoms with Crippen LogP contribution in [-0.4, -0.2) is 68.2 Å². The summed E-state index contributed by atoms with van der Waals surface area (Å²) < 4.78 is 11.4. The van der Waals surface area contributed by atoms with E-state index < -0.39 is 24.1 Å². The number of ether oxygens (including phenoxy) is 2. The molecule has 3 rings (SSSR count). The van der Waals surface area contributed by atoms with Crippen LogP contribution in [0.15, 0.2) is 23.2 Å². The average molecular weight is 653 g/mol. The number of carboxylic acid groups (broad SMARTS) is 2. The maximum Gasteiger partial charge on any atom is 0.513 e. The number of aliphatic imine (C=N–C) groups is 1. The number of unbranched alkanes of at least 4 members (excludes halogenated alkanes) is 12. The minimum absolute atomic E-state index is 0.307. The van der Waals surface area contributed by atoms with E-state index in [1.54, 1.807) is 18.2 Å². The molecule has 2 heterocycles. The Bertz CT molecular complexity index is 1190. The van der Waals surface area contributed by atoms with E-state index in [4.69, 9.17) is 19.7 Å². The molecule has 0 saturated heterocycles. The zero-order valence-corrected chi connectivity index (χ0v) is 27.2. The maximum absolute atomic E-state index is 12.1. The van der Waals surface area contributed by atoms with E-state index in [-0.39, 0.29) is 0 Å². The van der Waals surface area contributed by atoms with Crippen LogP contribution in [0.25, 0.3) is 10.2 Å². The molecule has 0 spiro atoms. The third-order valence-electron chi connectivity index (χ3n) is 7.01. The third kappa shape index (κ3) is 14.3. The predicted octanol–water partition coefficient (Wildman–Crippen LogP) is 8.43. The first-order valence-corrected chi connectivity index (χ1v) is 18.4. The van der Waals surface area contributed by atoms with Gasteiger partial charge in [-0.25, -0.2) is 14.6 Å². The van der Waals surface area contributed by atoms with Crippen molar-refractivity contribution in [1.29, 1.82) is 0 Å². The van der Waals surface area contributed by atoms with E-state index >= 15 is 0 Å². The number of thiazole rings is 1. The highest BCUT2D eigenvalue weighted by molar-refractivity contribution is 8.15. The number of thioether (sulfide) groups is 2. The van der Waals surface area contributed by atoms with Gasteiger partial charge in [0, 0.05) is 18.2 Å². The molecule has 43 heavy (non-hydrogen) atoms. The fourth-order valence-corrected chi connectivity index (χ4v) is 7.67. The van der Waals surface area contributed by atoms with Crippen LogP contribution in [0.4, 0.5) is 4.79 Å². The molecule has 1 aliphatic rings. The van der Waals surface area contributed by atoms with Crippen LogP contribution in [0, 0.1) is 0 Å². The fraction of sp³-hybridized carbons (Fsp3) is 0.645. The Balaban J connectivity index is 1.12. The number of benzene rings is 1. The van der Waals surface area contributed by atoms with Crippen molar-refractivity contribution in [2.45, 2.75) is 102 Å². The first-order chi connectivity index (χ1) is 20.9. The van der Waals surface area contributed by atoms with Gasteiger partial charge in [-0.1, -0.05) is 70.6 Å². The molecule has 12 heteroatoms.